The molecule has 0 saturated heterocycles. The summed E-state index contributed by atoms with van der Waals surface area (Å²) in [6.45, 7) is 0. The molecule has 1 heterocycles. The molecule has 8 N–H and O–H groups in total. The minimum absolute atomic E-state index is 0.0299. The van der Waals surface area contributed by atoms with Crippen molar-refractivity contribution in [3.8, 4) is 11.3 Å². The molecule has 0 spiro atoms. The van der Waals surface area contributed by atoms with Gasteiger partial charge in [0.1, 0.15) is 17.5 Å². The predicted octanol–water partition coefficient (Wildman–Crippen LogP) is 1.09. The van der Waals surface area contributed by atoms with Gasteiger partial charge in [-0.3, -0.25) is 10.7 Å². The van der Waals surface area contributed by atoms with Crippen LogP contribution in [-0.4, -0.2) is 16.0 Å². The molecule has 2 aromatic rings. The van der Waals surface area contributed by atoms with Gasteiger partial charge >= 0.3 is 6.01 Å². The van der Waals surface area contributed by atoms with E-state index in [1.807, 2.05) is 0 Å². The Bertz CT molecular complexity index is 764. The molecule has 9 heteroatoms. The first-order valence-corrected chi connectivity index (χ1v) is 6.39. The molecular weight excluding hydrogens is 303 g/mol. The fraction of sp³-hybridized carbons (Fsp3) is 0. The van der Waals surface area contributed by atoms with Gasteiger partial charge in [-0.25, -0.2) is 4.39 Å². The van der Waals surface area contributed by atoms with Crippen LogP contribution in [0, 0.1) is 5.82 Å². The lowest BCUT2D eigenvalue weighted by Crippen LogP contribution is -2.21. The summed E-state index contributed by atoms with van der Waals surface area (Å²) in [7, 11) is 0. The van der Waals surface area contributed by atoms with Gasteiger partial charge in [0.05, 0.1) is 11.9 Å². The van der Waals surface area contributed by atoms with Gasteiger partial charge in [0.2, 0.25) is 0 Å². The quantitative estimate of drug-likeness (QED) is 0.240. The van der Waals surface area contributed by atoms with Crippen molar-refractivity contribution in [2.75, 3.05) is 0 Å². The highest BCUT2D eigenvalue weighted by Crippen LogP contribution is 2.23. The number of hydroxylamine groups is 1. The van der Waals surface area contributed by atoms with E-state index < -0.39 is 0 Å². The molecule has 0 bridgehead atoms. The lowest BCUT2D eigenvalue weighted by Gasteiger charge is -1.99. The molecule has 1 aromatic carbocycles. The third-order valence-corrected chi connectivity index (χ3v) is 2.71. The summed E-state index contributed by atoms with van der Waals surface area (Å²) in [5.41, 5.74) is 19.0. The molecule has 0 radical (unpaired) electrons. The summed E-state index contributed by atoms with van der Waals surface area (Å²) in [6, 6.07) is 5.77. The van der Waals surface area contributed by atoms with E-state index in [1.54, 1.807) is 17.6 Å². The SMILES string of the molecule is NC(/C=C\C(N)=C(\N)NO)=N/c1ncc(-c2ccc(F)cc2)o1. The number of aliphatic imine (C=N–C) groups is 1. The Morgan fingerprint density at radius 1 is 1.22 bits per heavy atom. The number of hydrogen-bond donors (Lipinski definition) is 5. The first-order valence-electron chi connectivity index (χ1n) is 6.39. The van der Waals surface area contributed by atoms with Gasteiger partial charge in [0.25, 0.3) is 0 Å². The number of amidine groups is 1. The fourth-order valence-corrected chi connectivity index (χ4v) is 1.54. The van der Waals surface area contributed by atoms with E-state index in [4.69, 9.17) is 26.8 Å². The minimum atomic E-state index is -0.344. The molecule has 0 saturated carbocycles. The summed E-state index contributed by atoms with van der Waals surface area (Å²) < 4.78 is 18.3. The zero-order valence-corrected chi connectivity index (χ0v) is 11.9. The molecular formula is C14H15FN6O2. The monoisotopic (exact) mass is 318 g/mol. The first kappa shape index (κ1) is 16.0. The van der Waals surface area contributed by atoms with Gasteiger partial charge in [-0.2, -0.15) is 9.98 Å². The molecule has 2 rings (SSSR count). The number of nitrogens with one attached hydrogen (secondary N) is 1. The molecule has 0 aliphatic carbocycles. The van der Waals surface area contributed by atoms with Gasteiger partial charge < -0.3 is 21.6 Å². The van der Waals surface area contributed by atoms with Crippen LogP contribution in [0.3, 0.4) is 0 Å². The van der Waals surface area contributed by atoms with E-state index >= 15 is 0 Å². The first-order chi connectivity index (χ1) is 11.0. The average Bonchev–Trinajstić information content (AvgIpc) is 3.00. The molecule has 0 aliphatic heterocycles. The Labute approximate surface area is 130 Å². The van der Waals surface area contributed by atoms with E-state index in [2.05, 4.69) is 9.98 Å². The summed E-state index contributed by atoms with van der Waals surface area (Å²) in [6.07, 6.45) is 4.16. The molecule has 8 nitrogen and oxygen atoms in total. The van der Waals surface area contributed by atoms with Crippen molar-refractivity contribution >= 4 is 11.9 Å². The van der Waals surface area contributed by atoms with Crippen LogP contribution in [0.15, 0.2) is 63.5 Å². The lowest BCUT2D eigenvalue weighted by molar-refractivity contribution is 0.197. The normalized spacial score (nSPS) is 13.2. The van der Waals surface area contributed by atoms with E-state index in [1.165, 1.54) is 30.5 Å². The zero-order valence-electron chi connectivity index (χ0n) is 11.9. The highest BCUT2D eigenvalue weighted by atomic mass is 19.1. The average molecular weight is 318 g/mol. The van der Waals surface area contributed by atoms with Crippen molar-refractivity contribution in [2.45, 2.75) is 0 Å². The van der Waals surface area contributed by atoms with Crippen LogP contribution < -0.4 is 22.7 Å². The molecule has 0 amide bonds. The van der Waals surface area contributed by atoms with Crippen LogP contribution in [0.5, 0.6) is 0 Å². The van der Waals surface area contributed by atoms with Crippen molar-refractivity contribution in [2.24, 2.45) is 22.2 Å². The number of rotatable bonds is 5. The predicted molar refractivity (Wildman–Crippen MR) is 82.6 cm³/mol. The van der Waals surface area contributed by atoms with Crippen molar-refractivity contribution < 1.29 is 14.0 Å². The van der Waals surface area contributed by atoms with Crippen molar-refractivity contribution in [1.82, 2.24) is 10.5 Å². The van der Waals surface area contributed by atoms with Crippen LogP contribution in [-0.2, 0) is 0 Å². The van der Waals surface area contributed by atoms with Gasteiger partial charge in [-0.1, -0.05) is 0 Å². The van der Waals surface area contributed by atoms with Crippen LogP contribution in [0.4, 0.5) is 10.4 Å². The van der Waals surface area contributed by atoms with E-state index in [-0.39, 0.29) is 29.2 Å². The Hall–Kier alpha value is -3.33. The number of hydrogen-bond acceptors (Lipinski definition) is 7. The maximum Gasteiger partial charge on any atom is 0.324 e. The standard InChI is InChI=1S/C14H15FN6O2/c15-9-3-1-8(2-4-9)11-7-19-14(23-11)20-12(17)6-5-10(16)13(18)21-22/h1-7,21-22H,16,18H2,(H2,17,19,20)/b6-5-,13-10+. The lowest BCUT2D eigenvalue weighted by atomic mass is 10.2. The van der Waals surface area contributed by atoms with Crippen LogP contribution in [0.1, 0.15) is 0 Å². The third kappa shape index (κ3) is 4.32. The fourth-order valence-electron chi connectivity index (χ4n) is 1.54. The Morgan fingerprint density at radius 2 is 1.91 bits per heavy atom. The van der Waals surface area contributed by atoms with Crippen molar-refractivity contribution in [3.63, 3.8) is 0 Å². The van der Waals surface area contributed by atoms with Crippen molar-refractivity contribution in [1.29, 1.82) is 0 Å². The molecule has 0 atom stereocenters. The number of benzene rings is 1. The number of aromatic nitrogens is 1. The highest BCUT2D eigenvalue weighted by Gasteiger charge is 2.06. The number of halogens is 1. The maximum absolute atomic E-state index is 12.9. The van der Waals surface area contributed by atoms with Gasteiger partial charge in [0.15, 0.2) is 5.76 Å². The summed E-state index contributed by atoms with van der Waals surface area (Å²) in [5.74, 6) is 0.0202. The van der Waals surface area contributed by atoms with Gasteiger partial charge in [0, 0.05) is 5.56 Å². The van der Waals surface area contributed by atoms with Gasteiger partial charge in [-0.15, -0.1) is 0 Å². The molecule has 23 heavy (non-hydrogen) atoms. The number of allylic oxidation sites excluding steroid dienone is 1. The largest absolute Gasteiger partial charge is 0.422 e. The Morgan fingerprint density at radius 3 is 2.57 bits per heavy atom. The molecule has 0 unspecified atom stereocenters. The zero-order chi connectivity index (χ0) is 16.8. The maximum atomic E-state index is 12.9. The second-order valence-corrected chi connectivity index (χ2v) is 4.36. The summed E-state index contributed by atoms with van der Waals surface area (Å²) in [5, 5.41) is 8.58. The highest BCUT2D eigenvalue weighted by molar-refractivity contribution is 5.93. The summed E-state index contributed by atoms with van der Waals surface area (Å²) >= 11 is 0. The van der Waals surface area contributed by atoms with Crippen LogP contribution in [0.2, 0.25) is 0 Å². The number of nitrogens with zero attached hydrogens (tertiary/aromatic N) is 2. The molecule has 120 valence electrons. The molecule has 1 aromatic heterocycles. The van der Waals surface area contributed by atoms with E-state index in [9.17, 15) is 4.39 Å². The Kier molecular flexibility index (Phi) is 4.95. The topological polar surface area (TPSA) is 149 Å². The number of oxazole rings is 1. The minimum Gasteiger partial charge on any atom is -0.422 e. The van der Waals surface area contributed by atoms with Gasteiger partial charge in [-0.05, 0) is 36.4 Å². The van der Waals surface area contributed by atoms with Crippen molar-refractivity contribution in [3.05, 3.63) is 59.9 Å². The smallest absolute Gasteiger partial charge is 0.324 e. The molecule has 0 fully saturated rings. The summed E-state index contributed by atoms with van der Waals surface area (Å²) in [4.78, 5) is 7.89. The third-order valence-electron chi connectivity index (χ3n) is 2.71. The Balaban J connectivity index is 2.14. The molecule has 0 aliphatic rings. The second-order valence-electron chi connectivity index (χ2n) is 4.36. The van der Waals surface area contributed by atoms with Crippen LogP contribution in [0.25, 0.3) is 11.3 Å². The van der Waals surface area contributed by atoms with Crippen LogP contribution >= 0.6 is 0 Å². The van der Waals surface area contributed by atoms with E-state index in [0.717, 1.165) is 0 Å². The number of nitrogens with two attached hydrogens (primary N) is 3. The van der Waals surface area contributed by atoms with E-state index in [0.29, 0.717) is 11.3 Å². The second kappa shape index (κ2) is 7.09.